The van der Waals surface area contributed by atoms with Gasteiger partial charge in [0.25, 0.3) is 5.56 Å². The maximum Gasteiger partial charge on any atom is 0.338 e. The highest BCUT2D eigenvalue weighted by atomic mass is 79.9. The van der Waals surface area contributed by atoms with Gasteiger partial charge in [0.1, 0.15) is 17.5 Å². The molecule has 1 unspecified atom stereocenters. The van der Waals surface area contributed by atoms with Crippen molar-refractivity contribution in [2.45, 2.75) is 26.8 Å². The number of carbonyl (C=O) groups is 1. The monoisotopic (exact) mass is 616 g/mol. The molecule has 9 nitrogen and oxygen atoms in total. The third-order valence-corrected chi connectivity index (χ3v) is 7.72. The van der Waals surface area contributed by atoms with Crippen LogP contribution in [-0.2, 0) is 9.53 Å². The molecule has 2 aromatic carbocycles. The number of thiazole rings is 1. The standard InChI is InChI=1S/C28H29BrN2O7S/c1-7-37-25-17(10-9-11-19(25)34-4)24-23(27(33)38-8-2)15(3)30-28-31(24)26(32)22(39-28)13-16-12-18(29)21(36-6)14-20(16)35-5/h9-14,24H,7-8H2,1-6H3/b22-13+. The van der Waals surface area contributed by atoms with Crippen molar-refractivity contribution >= 4 is 39.3 Å². The number of halogens is 1. The van der Waals surface area contributed by atoms with Crippen molar-refractivity contribution in [2.75, 3.05) is 34.5 Å². The number of aromatic nitrogens is 1. The van der Waals surface area contributed by atoms with Crippen molar-refractivity contribution in [3.63, 3.8) is 0 Å². The maximum absolute atomic E-state index is 14.0. The molecule has 3 aromatic rings. The van der Waals surface area contributed by atoms with Gasteiger partial charge in [0.15, 0.2) is 16.3 Å². The lowest BCUT2D eigenvalue weighted by Crippen LogP contribution is -2.40. The fourth-order valence-electron chi connectivity index (χ4n) is 4.43. The average Bonchev–Trinajstić information content (AvgIpc) is 3.22. The lowest BCUT2D eigenvalue weighted by Gasteiger charge is -2.26. The van der Waals surface area contributed by atoms with E-state index >= 15 is 0 Å². The lowest BCUT2D eigenvalue weighted by atomic mass is 9.94. The fraction of sp³-hybridized carbons (Fsp3) is 0.321. The minimum absolute atomic E-state index is 0.176. The van der Waals surface area contributed by atoms with Crippen molar-refractivity contribution in [1.29, 1.82) is 0 Å². The minimum Gasteiger partial charge on any atom is -0.496 e. The summed E-state index contributed by atoms with van der Waals surface area (Å²) in [6.45, 7) is 5.86. The zero-order valence-corrected chi connectivity index (χ0v) is 24.9. The van der Waals surface area contributed by atoms with Crippen molar-refractivity contribution < 1.29 is 28.5 Å². The molecule has 0 bridgehead atoms. The molecule has 0 aliphatic carbocycles. The van der Waals surface area contributed by atoms with E-state index in [0.29, 0.717) is 60.2 Å². The SMILES string of the molecule is CCOC(=O)C1=C(C)N=c2s/c(=C/c3cc(Br)c(OC)cc3OC)c(=O)n2C1c1cccc(OC)c1OCC. The van der Waals surface area contributed by atoms with Crippen LogP contribution in [0.5, 0.6) is 23.0 Å². The Kier molecular flexibility index (Phi) is 8.81. The van der Waals surface area contributed by atoms with Crippen molar-refractivity contribution in [2.24, 2.45) is 4.99 Å². The first-order chi connectivity index (χ1) is 18.8. The molecule has 1 aliphatic heterocycles. The van der Waals surface area contributed by atoms with Crippen molar-refractivity contribution in [1.82, 2.24) is 4.57 Å². The van der Waals surface area contributed by atoms with Gasteiger partial charge in [0.05, 0.1) is 54.8 Å². The molecule has 4 rings (SSSR count). The molecule has 0 saturated carbocycles. The van der Waals surface area contributed by atoms with Gasteiger partial charge in [0.2, 0.25) is 0 Å². The Morgan fingerprint density at radius 2 is 1.79 bits per heavy atom. The van der Waals surface area contributed by atoms with E-state index in [0.717, 1.165) is 0 Å². The third kappa shape index (κ3) is 5.33. The Balaban J connectivity index is 2.03. The molecule has 0 fully saturated rings. The molecule has 0 saturated heterocycles. The second-order valence-corrected chi connectivity index (χ2v) is 10.2. The molecule has 1 atom stereocenters. The van der Waals surface area contributed by atoms with E-state index in [1.165, 1.54) is 15.9 Å². The fourth-order valence-corrected chi connectivity index (χ4v) is 5.99. The van der Waals surface area contributed by atoms with Crippen LogP contribution in [0.15, 0.2) is 55.9 Å². The molecule has 0 amide bonds. The van der Waals surface area contributed by atoms with Gasteiger partial charge in [0, 0.05) is 17.2 Å². The van der Waals surface area contributed by atoms with Gasteiger partial charge in [-0.05, 0) is 54.9 Å². The Labute approximate surface area is 238 Å². The molecular weight excluding hydrogens is 588 g/mol. The topological polar surface area (TPSA) is 97.6 Å². The minimum atomic E-state index is -0.844. The van der Waals surface area contributed by atoms with Gasteiger partial charge in [-0.25, -0.2) is 9.79 Å². The van der Waals surface area contributed by atoms with Gasteiger partial charge in [-0.2, -0.15) is 0 Å². The molecule has 2 heterocycles. The molecule has 0 radical (unpaired) electrons. The second kappa shape index (κ2) is 12.1. The van der Waals surface area contributed by atoms with Crippen LogP contribution in [0.4, 0.5) is 0 Å². The van der Waals surface area contributed by atoms with E-state index in [1.54, 1.807) is 59.5 Å². The number of methoxy groups -OCH3 is 3. The normalized spacial score (nSPS) is 14.9. The highest BCUT2D eigenvalue weighted by Crippen LogP contribution is 2.41. The Morgan fingerprint density at radius 1 is 1.08 bits per heavy atom. The van der Waals surface area contributed by atoms with Crippen LogP contribution < -0.4 is 33.8 Å². The molecule has 206 valence electrons. The summed E-state index contributed by atoms with van der Waals surface area (Å²) in [6.07, 6.45) is 1.74. The Bertz CT molecular complexity index is 1620. The van der Waals surface area contributed by atoms with Crippen LogP contribution in [0.3, 0.4) is 0 Å². The average molecular weight is 618 g/mol. The Morgan fingerprint density at radius 3 is 2.44 bits per heavy atom. The van der Waals surface area contributed by atoms with Crippen molar-refractivity contribution in [3.8, 4) is 23.0 Å². The smallest absolute Gasteiger partial charge is 0.338 e. The first kappa shape index (κ1) is 28.4. The number of hydrogen-bond acceptors (Lipinski definition) is 9. The highest BCUT2D eigenvalue weighted by molar-refractivity contribution is 9.10. The summed E-state index contributed by atoms with van der Waals surface area (Å²) >= 11 is 4.72. The summed E-state index contributed by atoms with van der Waals surface area (Å²) in [5, 5.41) is 0. The third-order valence-electron chi connectivity index (χ3n) is 6.12. The first-order valence-corrected chi connectivity index (χ1v) is 13.8. The number of esters is 1. The maximum atomic E-state index is 14.0. The van der Waals surface area contributed by atoms with E-state index in [-0.39, 0.29) is 17.7 Å². The van der Waals surface area contributed by atoms with Gasteiger partial charge < -0.3 is 23.7 Å². The zero-order valence-electron chi connectivity index (χ0n) is 22.5. The van der Waals surface area contributed by atoms with Crippen LogP contribution in [0.1, 0.15) is 37.9 Å². The number of ether oxygens (including phenoxy) is 5. The predicted octanol–water partition coefficient (Wildman–Crippen LogP) is 3.99. The molecule has 1 aromatic heterocycles. The highest BCUT2D eigenvalue weighted by Gasteiger charge is 2.36. The number of para-hydroxylation sites is 1. The summed E-state index contributed by atoms with van der Waals surface area (Å²) in [6, 6.07) is 8.10. The van der Waals surface area contributed by atoms with Crippen LogP contribution >= 0.6 is 27.3 Å². The van der Waals surface area contributed by atoms with E-state index in [4.69, 9.17) is 23.7 Å². The number of carbonyl (C=O) groups excluding carboxylic acids is 1. The van der Waals surface area contributed by atoms with Gasteiger partial charge in [-0.1, -0.05) is 23.5 Å². The van der Waals surface area contributed by atoms with E-state index < -0.39 is 12.0 Å². The largest absolute Gasteiger partial charge is 0.496 e. The lowest BCUT2D eigenvalue weighted by molar-refractivity contribution is -0.139. The van der Waals surface area contributed by atoms with E-state index in [2.05, 4.69) is 20.9 Å². The molecular formula is C28H29BrN2O7S. The van der Waals surface area contributed by atoms with Crippen LogP contribution in [-0.4, -0.2) is 45.1 Å². The van der Waals surface area contributed by atoms with Crippen LogP contribution in [0.25, 0.3) is 6.08 Å². The number of hydrogen-bond donors (Lipinski definition) is 0. The van der Waals surface area contributed by atoms with Crippen LogP contribution in [0, 0.1) is 0 Å². The number of fused-ring (bicyclic) bond motifs is 1. The van der Waals surface area contributed by atoms with Gasteiger partial charge in [-0.15, -0.1) is 0 Å². The molecule has 1 aliphatic rings. The van der Waals surface area contributed by atoms with Crippen LogP contribution in [0.2, 0.25) is 0 Å². The number of benzene rings is 2. The summed E-state index contributed by atoms with van der Waals surface area (Å²) in [5.41, 5.74) is 1.66. The Hall–Kier alpha value is -3.57. The quantitative estimate of drug-likeness (QED) is 0.335. The number of rotatable bonds is 9. The van der Waals surface area contributed by atoms with Gasteiger partial charge >= 0.3 is 5.97 Å². The number of nitrogens with zero attached hydrogens (tertiary/aromatic N) is 2. The summed E-state index contributed by atoms with van der Waals surface area (Å²) in [5.74, 6) is 1.51. The van der Waals surface area contributed by atoms with Gasteiger partial charge in [-0.3, -0.25) is 9.36 Å². The number of allylic oxidation sites excluding steroid dienone is 1. The molecule has 0 N–H and O–H groups in total. The molecule has 39 heavy (non-hydrogen) atoms. The first-order valence-electron chi connectivity index (χ1n) is 12.2. The summed E-state index contributed by atoms with van der Waals surface area (Å²) in [4.78, 5) is 32.4. The predicted molar refractivity (Wildman–Crippen MR) is 152 cm³/mol. The second-order valence-electron chi connectivity index (χ2n) is 8.34. The zero-order chi connectivity index (χ0) is 28.3. The summed E-state index contributed by atoms with van der Waals surface area (Å²) < 4.78 is 30.5. The van der Waals surface area contributed by atoms with Crippen molar-refractivity contribution in [3.05, 3.63) is 76.9 Å². The molecule has 0 spiro atoms. The summed E-state index contributed by atoms with van der Waals surface area (Å²) in [7, 11) is 4.66. The van der Waals surface area contributed by atoms with E-state index in [1.807, 2.05) is 19.1 Å². The van der Waals surface area contributed by atoms with E-state index in [9.17, 15) is 9.59 Å². The molecule has 11 heteroatoms.